The molecule has 0 atom stereocenters. The van der Waals surface area contributed by atoms with E-state index in [1.807, 2.05) is 26.1 Å². The Morgan fingerprint density at radius 1 is 1.26 bits per heavy atom. The molecule has 4 aromatic rings. The van der Waals surface area contributed by atoms with E-state index in [9.17, 15) is 4.79 Å². The molecule has 0 aliphatic carbocycles. The molecule has 0 aliphatic heterocycles. The lowest BCUT2D eigenvalue weighted by atomic mass is 9.96. The van der Waals surface area contributed by atoms with Gasteiger partial charge in [-0.15, -0.1) is 0 Å². The van der Waals surface area contributed by atoms with E-state index in [-0.39, 0.29) is 5.69 Å². The number of nitrogens with two attached hydrogens (primary N) is 1. The predicted octanol–water partition coefficient (Wildman–Crippen LogP) is 2.52. The average molecular weight is 305 g/mol. The Labute approximate surface area is 131 Å². The molecule has 0 spiro atoms. The van der Waals surface area contributed by atoms with Gasteiger partial charge in [-0.3, -0.25) is 9.89 Å². The maximum absolute atomic E-state index is 11.8. The molecule has 0 fully saturated rings. The first-order valence-corrected chi connectivity index (χ1v) is 7.26. The number of nitrogens with zero attached hydrogens (tertiary/aromatic N) is 3. The molecule has 3 aromatic heterocycles. The first-order valence-electron chi connectivity index (χ1n) is 7.26. The number of fused-ring (bicyclic) bond motifs is 2. The van der Waals surface area contributed by atoms with Crippen molar-refractivity contribution in [3.8, 4) is 11.1 Å². The van der Waals surface area contributed by atoms with Gasteiger partial charge in [-0.1, -0.05) is 18.2 Å². The first kappa shape index (κ1) is 13.5. The maximum Gasteiger partial charge on any atom is 0.267 e. The topological polar surface area (TPSA) is 89.6 Å². The smallest absolute Gasteiger partial charge is 0.267 e. The molecule has 0 unspecified atom stereocenters. The highest BCUT2D eigenvalue weighted by molar-refractivity contribution is 6.07. The second-order valence-corrected chi connectivity index (χ2v) is 5.63. The highest BCUT2D eigenvalue weighted by Crippen LogP contribution is 2.37. The van der Waals surface area contributed by atoms with Gasteiger partial charge in [-0.25, -0.2) is 4.98 Å². The van der Waals surface area contributed by atoms with Crippen LogP contribution in [0.2, 0.25) is 0 Å². The van der Waals surface area contributed by atoms with Crippen molar-refractivity contribution < 1.29 is 4.79 Å². The predicted molar refractivity (Wildman–Crippen MR) is 89.1 cm³/mol. The van der Waals surface area contributed by atoms with E-state index in [0.717, 1.165) is 33.0 Å². The van der Waals surface area contributed by atoms with Crippen LogP contribution in [0.3, 0.4) is 0 Å². The number of carbonyl (C=O) groups excluding carboxylic acids is 1. The van der Waals surface area contributed by atoms with Crippen LogP contribution < -0.4 is 5.73 Å². The Morgan fingerprint density at radius 2 is 2.04 bits per heavy atom. The molecule has 1 aromatic carbocycles. The van der Waals surface area contributed by atoms with E-state index in [1.165, 1.54) is 0 Å². The number of pyridine rings is 1. The van der Waals surface area contributed by atoms with Crippen molar-refractivity contribution in [1.29, 1.82) is 0 Å². The van der Waals surface area contributed by atoms with Crippen molar-refractivity contribution in [2.24, 2.45) is 12.8 Å². The SMILES string of the molecule is Cc1c(C(N)=O)nc2[nH]ncc2c1-c1cn(C)c2ccccc12. The standard InChI is InChI=1S/C17H15N5O/c1-9-14(11-7-19-21-17(11)20-15(9)16(18)23)12-8-22(2)13-6-4-3-5-10(12)13/h3-8H,1-2H3,(H2,18,23)(H,19,20,21). The summed E-state index contributed by atoms with van der Waals surface area (Å²) in [7, 11) is 2.00. The van der Waals surface area contributed by atoms with E-state index < -0.39 is 5.91 Å². The number of hydrogen-bond acceptors (Lipinski definition) is 3. The molecule has 0 bridgehead atoms. The first-order chi connectivity index (χ1) is 11.1. The van der Waals surface area contributed by atoms with Gasteiger partial charge in [0.25, 0.3) is 5.91 Å². The molecule has 3 heterocycles. The van der Waals surface area contributed by atoms with Gasteiger partial charge in [0.15, 0.2) is 5.65 Å². The average Bonchev–Trinajstić information content (AvgIpc) is 3.12. The Morgan fingerprint density at radius 3 is 2.83 bits per heavy atom. The van der Waals surface area contributed by atoms with Gasteiger partial charge in [0.2, 0.25) is 0 Å². The lowest BCUT2D eigenvalue weighted by molar-refractivity contribution is 0.0995. The third-order valence-electron chi connectivity index (χ3n) is 4.24. The number of para-hydroxylation sites is 1. The van der Waals surface area contributed by atoms with Crippen molar-refractivity contribution >= 4 is 27.8 Å². The molecular weight excluding hydrogens is 290 g/mol. The maximum atomic E-state index is 11.8. The monoisotopic (exact) mass is 305 g/mol. The number of primary amides is 1. The fraction of sp³-hybridized carbons (Fsp3) is 0.118. The quantitative estimate of drug-likeness (QED) is 0.596. The summed E-state index contributed by atoms with van der Waals surface area (Å²) in [4.78, 5) is 16.1. The number of amides is 1. The van der Waals surface area contributed by atoms with Gasteiger partial charge in [-0.2, -0.15) is 5.10 Å². The second kappa shape index (κ2) is 4.67. The van der Waals surface area contributed by atoms with Crippen molar-refractivity contribution in [2.45, 2.75) is 6.92 Å². The van der Waals surface area contributed by atoms with Crippen LogP contribution in [0.15, 0.2) is 36.7 Å². The molecule has 6 nitrogen and oxygen atoms in total. The van der Waals surface area contributed by atoms with Crippen LogP contribution in [0.4, 0.5) is 0 Å². The summed E-state index contributed by atoms with van der Waals surface area (Å²) in [5.74, 6) is -0.541. The second-order valence-electron chi connectivity index (χ2n) is 5.63. The zero-order chi connectivity index (χ0) is 16.1. The van der Waals surface area contributed by atoms with Crippen LogP contribution in [0.5, 0.6) is 0 Å². The number of aromatic nitrogens is 4. The van der Waals surface area contributed by atoms with Crippen LogP contribution in [-0.2, 0) is 7.05 Å². The summed E-state index contributed by atoms with van der Waals surface area (Å²) in [6.07, 6.45) is 3.79. The summed E-state index contributed by atoms with van der Waals surface area (Å²) in [6.45, 7) is 1.87. The minimum absolute atomic E-state index is 0.268. The Balaban J connectivity index is 2.18. The van der Waals surface area contributed by atoms with Gasteiger partial charge in [0.1, 0.15) is 5.69 Å². The van der Waals surface area contributed by atoms with E-state index in [2.05, 4.69) is 38.1 Å². The van der Waals surface area contributed by atoms with Gasteiger partial charge >= 0.3 is 0 Å². The molecule has 0 saturated carbocycles. The highest BCUT2D eigenvalue weighted by Gasteiger charge is 2.20. The minimum Gasteiger partial charge on any atom is -0.364 e. The number of rotatable bonds is 2. The number of H-pyrrole nitrogens is 1. The van der Waals surface area contributed by atoms with Gasteiger partial charge in [0.05, 0.1) is 6.20 Å². The summed E-state index contributed by atoms with van der Waals surface area (Å²) in [5, 5.41) is 8.89. The number of aromatic amines is 1. The Hall–Kier alpha value is -3.15. The summed E-state index contributed by atoms with van der Waals surface area (Å²) < 4.78 is 2.07. The molecule has 114 valence electrons. The third-order valence-corrected chi connectivity index (χ3v) is 4.24. The Bertz CT molecular complexity index is 1070. The zero-order valence-electron chi connectivity index (χ0n) is 12.8. The van der Waals surface area contributed by atoms with E-state index in [0.29, 0.717) is 5.65 Å². The zero-order valence-corrected chi connectivity index (χ0v) is 12.8. The van der Waals surface area contributed by atoms with Crippen LogP contribution in [0.25, 0.3) is 33.1 Å². The molecule has 0 radical (unpaired) electrons. The minimum atomic E-state index is -0.541. The van der Waals surface area contributed by atoms with Gasteiger partial charge in [-0.05, 0) is 18.6 Å². The van der Waals surface area contributed by atoms with Gasteiger partial charge < -0.3 is 10.3 Å². The van der Waals surface area contributed by atoms with Crippen LogP contribution in [0, 0.1) is 6.92 Å². The van der Waals surface area contributed by atoms with Crippen molar-refractivity contribution in [2.75, 3.05) is 0 Å². The number of benzene rings is 1. The molecule has 4 rings (SSSR count). The number of hydrogen-bond donors (Lipinski definition) is 2. The van der Waals surface area contributed by atoms with Crippen LogP contribution >= 0.6 is 0 Å². The van der Waals surface area contributed by atoms with E-state index in [1.54, 1.807) is 6.20 Å². The molecule has 0 saturated heterocycles. The van der Waals surface area contributed by atoms with Crippen LogP contribution in [-0.4, -0.2) is 25.7 Å². The number of aryl methyl sites for hydroxylation is 1. The summed E-state index contributed by atoms with van der Waals surface area (Å²) in [5.41, 5.74) is 10.2. The lowest BCUT2D eigenvalue weighted by Crippen LogP contribution is -2.15. The highest BCUT2D eigenvalue weighted by atomic mass is 16.1. The summed E-state index contributed by atoms with van der Waals surface area (Å²) >= 11 is 0. The van der Waals surface area contributed by atoms with Crippen molar-refractivity contribution in [1.82, 2.24) is 19.7 Å². The molecule has 3 N–H and O–H groups in total. The van der Waals surface area contributed by atoms with Crippen molar-refractivity contribution in [3.63, 3.8) is 0 Å². The molecule has 23 heavy (non-hydrogen) atoms. The normalized spacial score (nSPS) is 11.4. The largest absolute Gasteiger partial charge is 0.364 e. The van der Waals surface area contributed by atoms with Crippen molar-refractivity contribution in [3.05, 3.63) is 47.9 Å². The lowest BCUT2D eigenvalue weighted by Gasteiger charge is -2.09. The molecule has 6 heteroatoms. The van der Waals surface area contributed by atoms with E-state index in [4.69, 9.17) is 5.73 Å². The number of nitrogens with one attached hydrogen (secondary N) is 1. The fourth-order valence-corrected chi connectivity index (χ4v) is 3.19. The molecular formula is C17H15N5O. The Kier molecular flexibility index (Phi) is 2.74. The van der Waals surface area contributed by atoms with Crippen LogP contribution in [0.1, 0.15) is 16.1 Å². The number of carbonyl (C=O) groups is 1. The van der Waals surface area contributed by atoms with Gasteiger partial charge in [0, 0.05) is 40.7 Å². The molecule has 1 amide bonds. The fourth-order valence-electron chi connectivity index (χ4n) is 3.19. The third kappa shape index (κ3) is 1.85. The van der Waals surface area contributed by atoms with E-state index >= 15 is 0 Å². The molecule has 0 aliphatic rings. The summed E-state index contributed by atoms with van der Waals surface area (Å²) in [6, 6.07) is 8.15.